The third-order valence-corrected chi connectivity index (χ3v) is 3.43. The van der Waals surface area contributed by atoms with E-state index < -0.39 is 17.6 Å². The van der Waals surface area contributed by atoms with E-state index in [0.29, 0.717) is 11.1 Å². The molecule has 5 nitrogen and oxygen atoms in total. The molecule has 0 aliphatic rings. The molecule has 0 atom stereocenters. The van der Waals surface area contributed by atoms with Crippen LogP contribution in [0.15, 0.2) is 59.1 Å². The van der Waals surface area contributed by atoms with Crippen LogP contribution in [0.4, 0.5) is 13.2 Å². The zero-order valence-electron chi connectivity index (χ0n) is 13.7. The van der Waals surface area contributed by atoms with Crippen molar-refractivity contribution in [2.45, 2.75) is 12.7 Å². The number of rotatable bonds is 3. The minimum atomic E-state index is -4.41. The zero-order chi connectivity index (χ0) is 19.3. The Labute approximate surface area is 152 Å². The number of carbonyl (C=O) groups is 1. The molecule has 0 saturated heterocycles. The Hall–Kier alpha value is -3.60. The number of aromatic nitrogens is 2. The summed E-state index contributed by atoms with van der Waals surface area (Å²) in [5, 5.41) is 6.20. The Kier molecular flexibility index (Phi) is 5.22. The quantitative estimate of drug-likeness (QED) is 0.717. The number of amides is 1. The van der Waals surface area contributed by atoms with Crippen molar-refractivity contribution in [3.63, 3.8) is 0 Å². The molecule has 8 heteroatoms. The van der Waals surface area contributed by atoms with Crippen LogP contribution in [0, 0.1) is 11.8 Å². The third kappa shape index (κ3) is 4.95. The van der Waals surface area contributed by atoms with E-state index in [0.717, 1.165) is 12.1 Å². The molecule has 1 heterocycles. The molecule has 0 bridgehead atoms. The first kappa shape index (κ1) is 18.2. The van der Waals surface area contributed by atoms with Crippen LogP contribution >= 0.6 is 0 Å². The molecule has 27 heavy (non-hydrogen) atoms. The Morgan fingerprint density at radius 2 is 1.78 bits per heavy atom. The first-order chi connectivity index (χ1) is 12.9. The Morgan fingerprint density at radius 1 is 1.07 bits per heavy atom. The van der Waals surface area contributed by atoms with Gasteiger partial charge in [0.15, 0.2) is 0 Å². The number of hydrogen-bond acceptors (Lipinski definition) is 4. The highest BCUT2D eigenvalue weighted by atomic mass is 19.4. The average Bonchev–Trinajstić information content (AvgIpc) is 3.14. The molecule has 136 valence electrons. The Bertz CT molecular complexity index is 985. The van der Waals surface area contributed by atoms with Crippen molar-refractivity contribution in [2.24, 2.45) is 0 Å². The topological polar surface area (TPSA) is 68.0 Å². The standard InChI is InChI=1S/C19H12F3N3O2/c20-19(21,22)15-9-7-14(8-10-15)18-24-17(27-25-18)12-23-16(26)11-6-13-4-2-1-3-5-13/h1-5,7-10H,12H2,(H,23,26). The molecule has 0 spiro atoms. The van der Waals surface area contributed by atoms with E-state index >= 15 is 0 Å². The maximum Gasteiger partial charge on any atom is 0.416 e. The minimum Gasteiger partial charge on any atom is -0.337 e. The first-order valence-electron chi connectivity index (χ1n) is 7.77. The van der Waals surface area contributed by atoms with Gasteiger partial charge in [-0.1, -0.05) is 41.4 Å². The van der Waals surface area contributed by atoms with E-state index in [4.69, 9.17) is 4.52 Å². The summed E-state index contributed by atoms with van der Waals surface area (Å²) in [6.07, 6.45) is -4.41. The highest BCUT2D eigenvalue weighted by Crippen LogP contribution is 2.30. The fourth-order valence-corrected chi connectivity index (χ4v) is 2.10. The molecule has 0 aliphatic carbocycles. The Balaban J connectivity index is 1.60. The van der Waals surface area contributed by atoms with Crippen molar-refractivity contribution in [1.29, 1.82) is 0 Å². The molecule has 0 unspecified atom stereocenters. The number of nitrogens with one attached hydrogen (secondary N) is 1. The summed E-state index contributed by atoms with van der Waals surface area (Å²) < 4.78 is 42.7. The van der Waals surface area contributed by atoms with Gasteiger partial charge in [-0.3, -0.25) is 4.79 Å². The summed E-state index contributed by atoms with van der Waals surface area (Å²) in [6.45, 7) is -0.0457. The van der Waals surface area contributed by atoms with Gasteiger partial charge in [0.25, 0.3) is 5.91 Å². The average molecular weight is 371 g/mol. The van der Waals surface area contributed by atoms with Crippen LogP contribution in [0.5, 0.6) is 0 Å². The first-order valence-corrected chi connectivity index (χ1v) is 7.77. The van der Waals surface area contributed by atoms with Crippen molar-refractivity contribution < 1.29 is 22.5 Å². The van der Waals surface area contributed by atoms with Crippen LogP contribution in [0.2, 0.25) is 0 Å². The number of hydrogen-bond donors (Lipinski definition) is 1. The van der Waals surface area contributed by atoms with Crippen LogP contribution in [0.25, 0.3) is 11.4 Å². The van der Waals surface area contributed by atoms with Gasteiger partial charge in [-0.05, 0) is 24.3 Å². The molecule has 1 N–H and O–H groups in total. The van der Waals surface area contributed by atoms with E-state index in [1.54, 1.807) is 12.1 Å². The molecule has 3 rings (SSSR count). The van der Waals surface area contributed by atoms with Crippen molar-refractivity contribution in [3.05, 3.63) is 71.6 Å². The molecule has 0 radical (unpaired) electrons. The summed E-state index contributed by atoms with van der Waals surface area (Å²) in [4.78, 5) is 15.8. The lowest BCUT2D eigenvalue weighted by Gasteiger charge is -2.05. The lowest BCUT2D eigenvalue weighted by atomic mass is 10.1. The summed E-state index contributed by atoms with van der Waals surface area (Å²) in [6, 6.07) is 13.4. The highest BCUT2D eigenvalue weighted by molar-refractivity contribution is 5.93. The molecular weight excluding hydrogens is 359 g/mol. The fraction of sp³-hybridized carbons (Fsp3) is 0.105. The van der Waals surface area contributed by atoms with Gasteiger partial charge >= 0.3 is 6.18 Å². The molecule has 0 saturated carbocycles. The van der Waals surface area contributed by atoms with Crippen LogP contribution in [-0.4, -0.2) is 16.0 Å². The summed E-state index contributed by atoms with van der Waals surface area (Å²) in [5.74, 6) is 4.86. The molecule has 2 aromatic carbocycles. The van der Waals surface area contributed by atoms with Crippen LogP contribution < -0.4 is 5.32 Å². The SMILES string of the molecule is O=C(C#Cc1ccccc1)NCc1nc(-c2ccc(C(F)(F)F)cc2)no1. The summed E-state index contributed by atoms with van der Waals surface area (Å²) in [5.41, 5.74) is 0.308. The maximum atomic E-state index is 12.6. The predicted molar refractivity (Wildman–Crippen MR) is 89.9 cm³/mol. The van der Waals surface area contributed by atoms with Gasteiger partial charge in [-0.25, -0.2) is 0 Å². The largest absolute Gasteiger partial charge is 0.416 e. The zero-order valence-corrected chi connectivity index (χ0v) is 13.7. The molecule has 1 amide bonds. The van der Waals surface area contributed by atoms with Gasteiger partial charge in [0, 0.05) is 17.0 Å². The fourth-order valence-electron chi connectivity index (χ4n) is 2.10. The highest BCUT2D eigenvalue weighted by Gasteiger charge is 2.30. The second-order valence-corrected chi connectivity index (χ2v) is 5.39. The molecule has 1 aromatic heterocycles. The molecule has 0 aliphatic heterocycles. The maximum absolute atomic E-state index is 12.6. The van der Waals surface area contributed by atoms with Gasteiger partial charge in [-0.15, -0.1) is 0 Å². The predicted octanol–water partition coefficient (Wildman–Crippen LogP) is 3.42. The van der Waals surface area contributed by atoms with Crippen molar-refractivity contribution in [3.8, 4) is 23.2 Å². The van der Waals surface area contributed by atoms with E-state index in [2.05, 4.69) is 27.3 Å². The molecule has 0 fully saturated rings. The van der Waals surface area contributed by atoms with Crippen LogP contribution in [0.3, 0.4) is 0 Å². The smallest absolute Gasteiger partial charge is 0.337 e. The number of carbonyl (C=O) groups excluding carboxylic acids is 1. The van der Waals surface area contributed by atoms with Crippen molar-refractivity contribution in [1.82, 2.24) is 15.5 Å². The van der Waals surface area contributed by atoms with Gasteiger partial charge in [0.1, 0.15) is 0 Å². The van der Waals surface area contributed by atoms with Gasteiger partial charge in [0.05, 0.1) is 12.1 Å². The van der Waals surface area contributed by atoms with E-state index in [9.17, 15) is 18.0 Å². The second kappa shape index (κ2) is 7.74. The number of alkyl halides is 3. The van der Waals surface area contributed by atoms with Gasteiger partial charge < -0.3 is 9.84 Å². The van der Waals surface area contributed by atoms with E-state index in [1.807, 2.05) is 18.2 Å². The summed E-state index contributed by atoms with van der Waals surface area (Å²) >= 11 is 0. The lowest BCUT2D eigenvalue weighted by Crippen LogP contribution is -2.20. The van der Waals surface area contributed by atoms with E-state index in [-0.39, 0.29) is 18.3 Å². The minimum absolute atomic E-state index is 0.0457. The third-order valence-electron chi connectivity index (χ3n) is 3.43. The number of benzene rings is 2. The Morgan fingerprint density at radius 3 is 2.44 bits per heavy atom. The normalized spacial score (nSPS) is 10.8. The van der Waals surface area contributed by atoms with Gasteiger partial charge in [-0.2, -0.15) is 18.2 Å². The van der Waals surface area contributed by atoms with E-state index in [1.165, 1.54) is 12.1 Å². The molecule has 3 aromatic rings. The number of halogens is 3. The van der Waals surface area contributed by atoms with Crippen LogP contribution in [0.1, 0.15) is 17.0 Å². The number of nitrogens with zero attached hydrogens (tertiary/aromatic N) is 2. The molecular formula is C19H12F3N3O2. The van der Waals surface area contributed by atoms with Crippen molar-refractivity contribution in [2.75, 3.05) is 0 Å². The van der Waals surface area contributed by atoms with Crippen molar-refractivity contribution >= 4 is 5.91 Å². The van der Waals surface area contributed by atoms with Crippen LogP contribution in [-0.2, 0) is 17.5 Å². The second-order valence-electron chi connectivity index (χ2n) is 5.39. The summed E-state index contributed by atoms with van der Waals surface area (Å²) in [7, 11) is 0. The lowest BCUT2D eigenvalue weighted by molar-refractivity contribution is -0.137. The monoisotopic (exact) mass is 371 g/mol. The van der Waals surface area contributed by atoms with Gasteiger partial charge in [0.2, 0.25) is 11.7 Å².